The Labute approximate surface area is 170 Å². The summed E-state index contributed by atoms with van der Waals surface area (Å²) in [5.74, 6) is -1.00. The van der Waals surface area contributed by atoms with Crippen molar-refractivity contribution in [1.82, 2.24) is 0 Å². The van der Waals surface area contributed by atoms with Gasteiger partial charge in [-0.25, -0.2) is 0 Å². The third kappa shape index (κ3) is 3.81. The molecule has 0 spiro atoms. The lowest BCUT2D eigenvalue weighted by molar-refractivity contribution is -0.152. The van der Waals surface area contributed by atoms with Crippen LogP contribution in [-0.2, 0) is 12.8 Å². The summed E-state index contributed by atoms with van der Waals surface area (Å²) in [6.45, 7) is 2.19. The molecule has 1 aromatic heterocycles. The standard InChI is InChI=1S/C24H17F3O3/c1-15-7-5-6-10-17(15)14-29-18-11-12-19-20(13-18)30-23(24(25,26)27)21(22(19)28)16-8-3-2-4-9-16/h2-13H,14H2,1H3. The highest BCUT2D eigenvalue weighted by atomic mass is 19.4. The third-order valence-electron chi connectivity index (χ3n) is 4.84. The van der Waals surface area contributed by atoms with E-state index >= 15 is 0 Å². The van der Waals surface area contributed by atoms with E-state index in [9.17, 15) is 18.0 Å². The summed E-state index contributed by atoms with van der Waals surface area (Å²) >= 11 is 0. The van der Waals surface area contributed by atoms with Crippen LogP contribution < -0.4 is 10.2 Å². The fourth-order valence-electron chi connectivity index (χ4n) is 3.26. The van der Waals surface area contributed by atoms with Crippen molar-refractivity contribution in [3.63, 3.8) is 0 Å². The first-order valence-electron chi connectivity index (χ1n) is 9.25. The highest BCUT2D eigenvalue weighted by Crippen LogP contribution is 2.37. The van der Waals surface area contributed by atoms with Gasteiger partial charge in [0.05, 0.1) is 10.9 Å². The monoisotopic (exact) mass is 410 g/mol. The normalized spacial score (nSPS) is 11.6. The minimum Gasteiger partial charge on any atom is -0.489 e. The number of rotatable bonds is 4. The van der Waals surface area contributed by atoms with Crippen molar-refractivity contribution in [2.24, 2.45) is 0 Å². The van der Waals surface area contributed by atoms with Crippen LogP contribution in [0.25, 0.3) is 22.1 Å². The van der Waals surface area contributed by atoms with E-state index in [0.717, 1.165) is 11.1 Å². The van der Waals surface area contributed by atoms with Crippen molar-refractivity contribution in [2.45, 2.75) is 19.7 Å². The highest BCUT2D eigenvalue weighted by molar-refractivity contribution is 5.84. The van der Waals surface area contributed by atoms with E-state index in [4.69, 9.17) is 9.15 Å². The lowest BCUT2D eigenvalue weighted by Gasteiger charge is -2.14. The van der Waals surface area contributed by atoms with E-state index in [1.54, 1.807) is 24.3 Å². The van der Waals surface area contributed by atoms with E-state index in [-0.39, 0.29) is 23.1 Å². The number of fused-ring (bicyclic) bond motifs is 1. The Morgan fingerprint density at radius 1 is 0.933 bits per heavy atom. The summed E-state index contributed by atoms with van der Waals surface area (Å²) in [6.07, 6.45) is -4.82. The molecule has 4 aromatic rings. The lowest BCUT2D eigenvalue weighted by Crippen LogP contribution is -2.16. The Morgan fingerprint density at radius 2 is 1.63 bits per heavy atom. The number of halogens is 3. The molecule has 0 aliphatic carbocycles. The molecule has 0 atom stereocenters. The van der Waals surface area contributed by atoms with Crippen LogP contribution in [0.1, 0.15) is 16.9 Å². The van der Waals surface area contributed by atoms with Crippen molar-refractivity contribution >= 4 is 11.0 Å². The Hall–Kier alpha value is -3.54. The molecule has 0 bridgehead atoms. The van der Waals surface area contributed by atoms with Crippen LogP contribution in [-0.4, -0.2) is 0 Å². The molecule has 0 amide bonds. The van der Waals surface area contributed by atoms with Crippen LogP contribution in [0.3, 0.4) is 0 Å². The maximum Gasteiger partial charge on any atom is 0.450 e. The summed E-state index contributed by atoms with van der Waals surface area (Å²) in [4.78, 5) is 12.9. The second kappa shape index (κ2) is 7.71. The van der Waals surface area contributed by atoms with Gasteiger partial charge in [0.2, 0.25) is 11.2 Å². The Kier molecular flexibility index (Phi) is 5.08. The average Bonchev–Trinajstić information content (AvgIpc) is 2.73. The predicted octanol–water partition coefficient (Wildman–Crippen LogP) is 6.37. The van der Waals surface area contributed by atoms with Crippen molar-refractivity contribution in [2.75, 3.05) is 0 Å². The summed E-state index contributed by atoms with van der Waals surface area (Å²) in [7, 11) is 0. The molecular weight excluding hydrogens is 393 g/mol. The number of alkyl halides is 3. The van der Waals surface area contributed by atoms with Gasteiger partial charge in [0.15, 0.2) is 0 Å². The first kappa shape index (κ1) is 19.8. The Morgan fingerprint density at radius 3 is 2.33 bits per heavy atom. The predicted molar refractivity (Wildman–Crippen MR) is 108 cm³/mol. The van der Waals surface area contributed by atoms with Gasteiger partial charge in [-0.1, -0.05) is 54.6 Å². The number of ether oxygens (including phenoxy) is 1. The van der Waals surface area contributed by atoms with E-state index in [2.05, 4.69) is 0 Å². The molecule has 3 nitrogen and oxygen atoms in total. The van der Waals surface area contributed by atoms with Crippen LogP contribution in [0, 0.1) is 6.92 Å². The average molecular weight is 410 g/mol. The number of hydrogen-bond donors (Lipinski definition) is 0. The van der Waals surface area contributed by atoms with Gasteiger partial charge >= 0.3 is 6.18 Å². The molecule has 0 radical (unpaired) electrons. The van der Waals surface area contributed by atoms with Crippen LogP contribution >= 0.6 is 0 Å². The Bertz CT molecular complexity index is 1260. The maximum atomic E-state index is 13.7. The van der Waals surface area contributed by atoms with E-state index < -0.39 is 22.9 Å². The smallest absolute Gasteiger partial charge is 0.450 e. The molecule has 30 heavy (non-hydrogen) atoms. The lowest BCUT2D eigenvalue weighted by atomic mass is 10.0. The maximum absolute atomic E-state index is 13.7. The Balaban J connectivity index is 1.79. The second-order valence-electron chi connectivity index (χ2n) is 6.87. The van der Waals surface area contributed by atoms with Gasteiger partial charge in [0.25, 0.3) is 0 Å². The van der Waals surface area contributed by atoms with Crippen LogP contribution in [0.4, 0.5) is 13.2 Å². The SMILES string of the molecule is Cc1ccccc1COc1ccc2c(=O)c(-c3ccccc3)c(C(F)(F)F)oc2c1. The zero-order valence-electron chi connectivity index (χ0n) is 16.0. The molecule has 0 saturated heterocycles. The first-order chi connectivity index (χ1) is 14.3. The molecular formula is C24H17F3O3. The second-order valence-corrected chi connectivity index (χ2v) is 6.87. The topological polar surface area (TPSA) is 39.4 Å². The number of benzene rings is 3. The summed E-state index contributed by atoms with van der Waals surface area (Å²) < 4.78 is 52.0. The zero-order valence-corrected chi connectivity index (χ0v) is 16.0. The van der Waals surface area contributed by atoms with Crippen LogP contribution in [0.15, 0.2) is 82.0 Å². The van der Waals surface area contributed by atoms with E-state index in [1.165, 1.54) is 24.3 Å². The molecule has 0 unspecified atom stereocenters. The van der Waals surface area contributed by atoms with Gasteiger partial charge in [-0.05, 0) is 35.7 Å². The molecule has 1 heterocycles. The van der Waals surface area contributed by atoms with Gasteiger partial charge in [-0.2, -0.15) is 13.2 Å². The molecule has 152 valence electrons. The summed E-state index contributed by atoms with van der Waals surface area (Å²) in [5.41, 5.74) is 0.741. The van der Waals surface area contributed by atoms with Gasteiger partial charge in [0, 0.05) is 6.07 Å². The van der Waals surface area contributed by atoms with E-state index in [1.807, 2.05) is 31.2 Å². The summed E-state index contributed by atoms with van der Waals surface area (Å²) in [5, 5.41) is 0.0603. The third-order valence-corrected chi connectivity index (χ3v) is 4.84. The molecule has 0 fully saturated rings. The van der Waals surface area contributed by atoms with Crippen LogP contribution in [0.5, 0.6) is 5.75 Å². The van der Waals surface area contributed by atoms with Gasteiger partial charge in [-0.15, -0.1) is 0 Å². The minimum absolute atomic E-state index is 0.0603. The molecule has 3 aromatic carbocycles. The van der Waals surface area contributed by atoms with Gasteiger partial charge in [0.1, 0.15) is 17.9 Å². The molecule has 0 N–H and O–H groups in total. The number of aryl methyl sites for hydroxylation is 1. The highest BCUT2D eigenvalue weighted by Gasteiger charge is 2.39. The summed E-state index contributed by atoms with van der Waals surface area (Å²) in [6, 6.07) is 19.7. The molecule has 6 heteroatoms. The quantitative estimate of drug-likeness (QED) is 0.393. The van der Waals surface area contributed by atoms with Crippen molar-refractivity contribution < 1.29 is 22.3 Å². The largest absolute Gasteiger partial charge is 0.489 e. The minimum atomic E-state index is -4.82. The van der Waals surface area contributed by atoms with E-state index in [0.29, 0.717) is 5.75 Å². The van der Waals surface area contributed by atoms with Gasteiger partial charge in [-0.3, -0.25) is 4.79 Å². The molecule has 0 aliphatic heterocycles. The fourth-order valence-corrected chi connectivity index (χ4v) is 3.26. The van der Waals surface area contributed by atoms with Crippen molar-refractivity contribution in [1.29, 1.82) is 0 Å². The van der Waals surface area contributed by atoms with Crippen molar-refractivity contribution in [3.8, 4) is 16.9 Å². The fraction of sp³-hybridized carbons (Fsp3) is 0.125. The molecule has 0 aliphatic rings. The molecule has 0 saturated carbocycles. The van der Waals surface area contributed by atoms with Crippen molar-refractivity contribution in [3.05, 3.63) is 99.9 Å². The number of hydrogen-bond acceptors (Lipinski definition) is 3. The first-order valence-corrected chi connectivity index (χ1v) is 9.25. The molecule has 4 rings (SSSR count). The van der Waals surface area contributed by atoms with Crippen LogP contribution in [0.2, 0.25) is 0 Å². The zero-order chi connectivity index (χ0) is 21.3. The van der Waals surface area contributed by atoms with Gasteiger partial charge < -0.3 is 9.15 Å².